The summed E-state index contributed by atoms with van der Waals surface area (Å²) < 4.78 is 0. The third kappa shape index (κ3) is 16.5. The van der Waals surface area contributed by atoms with Gasteiger partial charge >= 0.3 is 0 Å². The van der Waals surface area contributed by atoms with Crippen LogP contribution in [-0.2, 0) is 32.3 Å². The minimum atomic E-state index is -0.250. The van der Waals surface area contributed by atoms with Gasteiger partial charge in [0.2, 0.25) is 0 Å². The second-order valence-electron chi connectivity index (χ2n) is 10.1. The van der Waals surface area contributed by atoms with E-state index in [1.54, 1.807) is 0 Å². The molecule has 0 bridgehead atoms. The second-order valence-corrected chi connectivity index (χ2v) is 11.7. The Morgan fingerprint density at radius 1 is 0.684 bits per heavy atom. The first kappa shape index (κ1) is 38.7. The fourth-order valence-electron chi connectivity index (χ4n) is 3.29. The van der Waals surface area contributed by atoms with Crippen LogP contribution in [-0.4, -0.2) is 15.1 Å². The first-order chi connectivity index (χ1) is 16.6. The van der Waals surface area contributed by atoms with Crippen molar-refractivity contribution in [3.05, 3.63) is 132 Å². The van der Waals surface area contributed by atoms with Crippen LogP contribution in [0, 0.1) is 12.0 Å². The van der Waals surface area contributed by atoms with Gasteiger partial charge in [-0.05, 0) is 6.42 Å². The standard InChI is InChI=1S/C13H9.C12H11Si.C4H10N.C4H9.2ClH.Hf/c1-3-7-12-10(5-1)9-11-6-2-4-8-13(11)12;1-3-7-11(8-4-1)13-12-9-5-2-6-10-12;1-4(2,3)5;1-4(2)3;;;/h1-5,7-8H,9H2;1-10,13H;5H,1-3H3;1-3H3;2*1H;/q-1;;2*-1;;;. The zero-order chi connectivity index (χ0) is 25.7. The SMILES string of the molecule is CC(C)(C)[NH-].C[C-](C)C.Cl.Cl.[Hf].[c-]1cccc2c1Cc1ccccc1-2.c1ccc([SiH]c2ccccc2)cc1. The van der Waals surface area contributed by atoms with E-state index in [0.29, 0.717) is 0 Å². The fraction of sp³-hybridized carbons (Fsp3) is 0.242. The smallest absolute Gasteiger partial charge is 0.103 e. The third-order valence-corrected chi connectivity index (χ3v) is 5.99. The van der Waals surface area contributed by atoms with Gasteiger partial charge in [-0.3, -0.25) is 0 Å². The average molecular weight is 729 g/mol. The molecule has 0 atom stereocenters. The van der Waals surface area contributed by atoms with Crippen molar-refractivity contribution in [2.45, 2.75) is 53.5 Å². The Morgan fingerprint density at radius 2 is 1.08 bits per heavy atom. The van der Waals surface area contributed by atoms with Gasteiger partial charge in [-0.15, -0.1) is 35.9 Å². The molecule has 5 rings (SSSR count). The molecule has 1 radical (unpaired) electrons. The van der Waals surface area contributed by atoms with Gasteiger partial charge in [0.25, 0.3) is 0 Å². The van der Waals surface area contributed by atoms with E-state index in [2.05, 4.69) is 124 Å². The van der Waals surface area contributed by atoms with Crippen molar-refractivity contribution in [1.82, 2.24) is 0 Å². The Morgan fingerprint density at radius 3 is 1.55 bits per heavy atom. The van der Waals surface area contributed by atoms with Crippen LogP contribution in [0.3, 0.4) is 0 Å². The monoisotopic (exact) mass is 729 g/mol. The van der Waals surface area contributed by atoms with Crippen LogP contribution in [0.1, 0.15) is 52.7 Å². The first-order valence-corrected chi connectivity index (χ1v) is 13.3. The molecule has 1 aliphatic rings. The number of fused-ring (bicyclic) bond motifs is 3. The average Bonchev–Trinajstić information content (AvgIpc) is 3.18. The molecule has 1 aliphatic carbocycles. The van der Waals surface area contributed by atoms with Crippen LogP contribution in [0.25, 0.3) is 16.9 Å². The van der Waals surface area contributed by atoms with Gasteiger partial charge in [0.05, 0.1) is 0 Å². The molecule has 5 heteroatoms. The number of hydrogen-bond acceptors (Lipinski definition) is 0. The molecule has 4 aromatic rings. The maximum Gasteiger partial charge on any atom is 0.103 e. The molecule has 0 amide bonds. The first-order valence-electron chi connectivity index (χ1n) is 12.2. The summed E-state index contributed by atoms with van der Waals surface area (Å²) in [6.45, 7) is 11.8. The van der Waals surface area contributed by atoms with Crippen molar-refractivity contribution >= 4 is 44.7 Å². The van der Waals surface area contributed by atoms with Crippen LogP contribution in [0.4, 0.5) is 0 Å². The van der Waals surface area contributed by atoms with Crippen LogP contribution in [0.15, 0.2) is 103 Å². The number of rotatable bonds is 2. The minimum absolute atomic E-state index is 0. The summed E-state index contributed by atoms with van der Waals surface area (Å²) in [7, 11) is 0.271. The molecule has 1 nitrogen and oxygen atoms in total. The molecule has 0 fully saturated rings. The Hall–Kier alpha value is -1.49. The number of benzene rings is 4. The van der Waals surface area contributed by atoms with Crippen molar-refractivity contribution in [3.8, 4) is 11.1 Å². The van der Waals surface area contributed by atoms with E-state index in [-0.39, 0.29) is 65.7 Å². The zero-order valence-electron chi connectivity index (χ0n) is 23.4. The summed E-state index contributed by atoms with van der Waals surface area (Å²) in [6, 6.07) is 39.4. The Balaban J connectivity index is 0. The fourth-order valence-corrected chi connectivity index (χ4v) is 4.50. The van der Waals surface area contributed by atoms with Crippen LogP contribution < -0.4 is 10.4 Å². The molecule has 0 aromatic heterocycles. The van der Waals surface area contributed by atoms with Gasteiger partial charge in [0, 0.05) is 25.8 Å². The zero-order valence-corrected chi connectivity index (χ0v) is 29.8. The summed E-state index contributed by atoms with van der Waals surface area (Å²) in [5, 5.41) is 2.90. The van der Waals surface area contributed by atoms with E-state index in [1.807, 2.05) is 26.8 Å². The molecule has 0 saturated carbocycles. The molecule has 38 heavy (non-hydrogen) atoms. The number of hydrogen-bond donors (Lipinski definition) is 0. The largest absolute Gasteiger partial charge is 0.673 e. The van der Waals surface area contributed by atoms with Crippen molar-refractivity contribution in [2.24, 2.45) is 0 Å². The van der Waals surface area contributed by atoms with Crippen molar-refractivity contribution in [3.63, 3.8) is 0 Å². The molecule has 0 unspecified atom stereocenters. The Kier molecular flexibility index (Phi) is 20.8. The van der Waals surface area contributed by atoms with Gasteiger partial charge in [0.15, 0.2) is 0 Å². The molecule has 0 spiro atoms. The van der Waals surface area contributed by atoms with Crippen LogP contribution >= 0.6 is 24.8 Å². The van der Waals surface area contributed by atoms with Gasteiger partial charge < -0.3 is 11.7 Å². The van der Waals surface area contributed by atoms with Gasteiger partial charge in [0.1, 0.15) is 9.52 Å². The molecule has 0 heterocycles. The number of nitrogens with one attached hydrogen (secondary N) is 1. The summed E-state index contributed by atoms with van der Waals surface area (Å²) in [4.78, 5) is 0. The van der Waals surface area contributed by atoms with Crippen LogP contribution in [0.2, 0.25) is 0 Å². The minimum Gasteiger partial charge on any atom is -0.673 e. The second kappa shape index (κ2) is 20.4. The summed E-state index contributed by atoms with van der Waals surface area (Å²) >= 11 is 0. The maximum atomic E-state index is 6.94. The van der Waals surface area contributed by atoms with Crippen LogP contribution in [0.5, 0.6) is 0 Å². The predicted molar refractivity (Wildman–Crippen MR) is 172 cm³/mol. The third-order valence-electron chi connectivity index (χ3n) is 4.55. The van der Waals surface area contributed by atoms with E-state index in [0.717, 1.165) is 6.42 Å². The Bertz CT molecular complexity index is 1040. The van der Waals surface area contributed by atoms with E-state index in [9.17, 15) is 0 Å². The Labute approximate surface area is 265 Å². The summed E-state index contributed by atoms with van der Waals surface area (Å²) in [5.74, 6) is 1.42. The quantitative estimate of drug-likeness (QED) is 0.129. The van der Waals surface area contributed by atoms with Crippen molar-refractivity contribution in [2.75, 3.05) is 0 Å². The molecule has 0 aliphatic heterocycles. The van der Waals surface area contributed by atoms with E-state index >= 15 is 0 Å². The number of halogens is 2. The summed E-state index contributed by atoms with van der Waals surface area (Å²) in [6.07, 6.45) is 1.05. The molecule has 0 saturated heterocycles. The van der Waals surface area contributed by atoms with E-state index in [1.165, 1.54) is 38.5 Å². The van der Waals surface area contributed by atoms with Gasteiger partial charge in [-0.25, -0.2) is 0 Å². The van der Waals surface area contributed by atoms with Gasteiger partial charge in [-0.2, -0.15) is 50.6 Å². The maximum absolute atomic E-state index is 6.94. The molecular formula is C33H41Cl2HfNSi-3. The topological polar surface area (TPSA) is 23.8 Å². The molecular weight excluding hydrogens is 688 g/mol. The molecule has 1 N–H and O–H groups in total. The molecule has 203 valence electrons. The van der Waals surface area contributed by atoms with Gasteiger partial charge in [-0.1, -0.05) is 127 Å². The molecule has 4 aromatic carbocycles. The predicted octanol–water partition coefficient (Wildman–Crippen LogP) is 8.43. The van der Waals surface area contributed by atoms with E-state index < -0.39 is 0 Å². The van der Waals surface area contributed by atoms with Crippen molar-refractivity contribution in [1.29, 1.82) is 0 Å². The summed E-state index contributed by atoms with van der Waals surface area (Å²) in [5.41, 5.74) is 12.2. The normalized spacial score (nSPS) is 10.1. The van der Waals surface area contributed by atoms with E-state index in [4.69, 9.17) is 5.73 Å². The van der Waals surface area contributed by atoms with Crippen molar-refractivity contribution < 1.29 is 25.8 Å².